The molecule has 0 saturated heterocycles. The van der Waals surface area contributed by atoms with Gasteiger partial charge in [0.15, 0.2) is 0 Å². The summed E-state index contributed by atoms with van der Waals surface area (Å²) in [6.07, 6.45) is 0. The smallest absolute Gasteiger partial charge is 0.119 e. The second-order valence-electron chi connectivity index (χ2n) is 3.25. The second-order valence-corrected chi connectivity index (χ2v) is 5.13. The SMILES string of the molecule is COc1cccc(-c2csc(C)c2Br)c1. The third-order valence-corrected chi connectivity index (χ3v) is 4.48. The quantitative estimate of drug-likeness (QED) is 0.788. The first-order valence-electron chi connectivity index (χ1n) is 4.60. The molecule has 0 bridgehead atoms. The number of rotatable bonds is 2. The van der Waals surface area contributed by atoms with Gasteiger partial charge in [0.05, 0.1) is 7.11 Å². The van der Waals surface area contributed by atoms with Gasteiger partial charge in [-0.3, -0.25) is 0 Å². The molecule has 1 aromatic heterocycles. The van der Waals surface area contributed by atoms with Gasteiger partial charge in [0.1, 0.15) is 5.75 Å². The van der Waals surface area contributed by atoms with E-state index < -0.39 is 0 Å². The van der Waals surface area contributed by atoms with E-state index in [1.807, 2.05) is 18.2 Å². The highest BCUT2D eigenvalue weighted by Gasteiger charge is 2.08. The Kier molecular flexibility index (Phi) is 3.12. The minimum Gasteiger partial charge on any atom is -0.497 e. The number of thiophene rings is 1. The van der Waals surface area contributed by atoms with E-state index in [9.17, 15) is 0 Å². The molecule has 78 valence electrons. The van der Waals surface area contributed by atoms with Crippen molar-refractivity contribution in [2.24, 2.45) is 0 Å². The van der Waals surface area contributed by atoms with E-state index in [1.165, 1.54) is 20.5 Å². The van der Waals surface area contributed by atoms with Crippen LogP contribution >= 0.6 is 27.3 Å². The summed E-state index contributed by atoms with van der Waals surface area (Å²) in [5.74, 6) is 0.892. The summed E-state index contributed by atoms with van der Waals surface area (Å²) in [6.45, 7) is 2.11. The monoisotopic (exact) mass is 282 g/mol. The largest absolute Gasteiger partial charge is 0.497 e. The molecule has 1 aromatic carbocycles. The van der Waals surface area contributed by atoms with Crippen LogP contribution in [-0.4, -0.2) is 7.11 Å². The van der Waals surface area contributed by atoms with Gasteiger partial charge in [0.25, 0.3) is 0 Å². The molecule has 0 amide bonds. The Labute approximate surface area is 102 Å². The lowest BCUT2D eigenvalue weighted by Gasteiger charge is -2.03. The van der Waals surface area contributed by atoms with Crippen molar-refractivity contribution in [2.75, 3.05) is 7.11 Å². The van der Waals surface area contributed by atoms with Crippen LogP contribution in [0.1, 0.15) is 4.88 Å². The third-order valence-electron chi connectivity index (χ3n) is 2.28. The lowest BCUT2D eigenvalue weighted by Crippen LogP contribution is -1.83. The topological polar surface area (TPSA) is 9.23 Å². The first-order chi connectivity index (χ1) is 7.22. The molecule has 3 heteroatoms. The number of hydrogen-bond acceptors (Lipinski definition) is 2. The van der Waals surface area contributed by atoms with Gasteiger partial charge in [0, 0.05) is 14.9 Å². The Morgan fingerprint density at radius 3 is 2.73 bits per heavy atom. The van der Waals surface area contributed by atoms with Gasteiger partial charge >= 0.3 is 0 Å². The molecular weight excluding hydrogens is 272 g/mol. The van der Waals surface area contributed by atoms with E-state index in [-0.39, 0.29) is 0 Å². The standard InChI is InChI=1S/C12H11BrOS/c1-8-12(13)11(7-15-8)9-4-3-5-10(6-9)14-2/h3-7H,1-2H3. The van der Waals surface area contributed by atoms with Crippen LogP contribution in [0.25, 0.3) is 11.1 Å². The minimum absolute atomic E-state index is 0.892. The van der Waals surface area contributed by atoms with Crippen molar-refractivity contribution in [2.45, 2.75) is 6.92 Å². The molecule has 0 saturated carbocycles. The van der Waals surface area contributed by atoms with Gasteiger partial charge in [-0.1, -0.05) is 12.1 Å². The van der Waals surface area contributed by atoms with E-state index in [0.29, 0.717) is 0 Å². The van der Waals surface area contributed by atoms with Crippen molar-refractivity contribution >= 4 is 27.3 Å². The fraction of sp³-hybridized carbons (Fsp3) is 0.167. The Balaban J connectivity index is 2.49. The summed E-state index contributed by atoms with van der Waals surface area (Å²) in [4.78, 5) is 1.30. The molecule has 0 fully saturated rings. The summed E-state index contributed by atoms with van der Waals surface area (Å²) in [5.41, 5.74) is 2.42. The van der Waals surface area contributed by atoms with E-state index in [0.717, 1.165) is 5.75 Å². The lowest BCUT2D eigenvalue weighted by atomic mass is 10.1. The molecule has 0 radical (unpaired) electrons. The van der Waals surface area contributed by atoms with Crippen molar-refractivity contribution in [3.63, 3.8) is 0 Å². The van der Waals surface area contributed by atoms with Crippen molar-refractivity contribution < 1.29 is 4.74 Å². The van der Waals surface area contributed by atoms with Gasteiger partial charge in [-0.2, -0.15) is 0 Å². The average molecular weight is 283 g/mol. The van der Waals surface area contributed by atoms with Crippen molar-refractivity contribution in [1.82, 2.24) is 0 Å². The summed E-state index contributed by atoms with van der Waals surface area (Å²) in [6, 6.07) is 8.10. The maximum atomic E-state index is 5.21. The van der Waals surface area contributed by atoms with Crippen LogP contribution in [-0.2, 0) is 0 Å². The lowest BCUT2D eigenvalue weighted by molar-refractivity contribution is 0.415. The first-order valence-corrected chi connectivity index (χ1v) is 6.27. The molecule has 0 aliphatic carbocycles. The number of ether oxygens (including phenoxy) is 1. The molecule has 1 heterocycles. The first kappa shape index (κ1) is 10.7. The fourth-order valence-corrected chi connectivity index (χ4v) is 2.96. The van der Waals surface area contributed by atoms with Crippen molar-refractivity contribution in [1.29, 1.82) is 0 Å². The molecule has 1 nitrogen and oxygen atoms in total. The van der Waals surface area contributed by atoms with E-state index >= 15 is 0 Å². The second kappa shape index (κ2) is 4.37. The van der Waals surface area contributed by atoms with Crippen LogP contribution in [0, 0.1) is 6.92 Å². The van der Waals surface area contributed by atoms with E-state index in [2.05, 4.69) is 34.3 Å². The van der Waals surface area contributed by atoms with Gasteiger partial charge in [-0.25, -0.2) is 0 Å². The van der Waals surface area contributed by atoms with Gasteiger partial charge in [0.2, 0.25) is 0 Å². The predicted molar refractivity (Wildman–Crippen MR) is 68.7 cm³/mol. The molecule has 2 aromatic rings. The normalized spacial score (nSPS) is 10.3. The summed E-state index contributed by atoms with van der Waals surface area (Å²) < 4.78 is 6.39. The molecule has 0 aliphatic rings. The molecule has 0 N–H and O–H groups in total. The van der Waals surface area contributed by atoms with Gasteiger partial charge in [-0.05, 0) is 45.9 Å². The molecule has 2 rings (SSSR count). The highest BCUT2D eigenvalue weighted by molar-refractivity contribution is 9.10. The van der Waals surface area contributed by atoms with Crippen LogP contribution in [0.5, 0.6) is 5.75 Å². The highest BCUT2D eigenvalue weighted by atomic mass is 79.9. The molecule has 0 spiro atoms. The Morgan fingerprint density at radius 1 is 1.33 bits per heavy atom. The zero-order chi connectivity index (χ0) is 10.8. The van der Waals surface area contributed by atoms with Gasteiger partial charge < -0.3 is 4.74 Å². The number of halogens is 1. The van der Waals surface area contributed by atoms with Crippen LogP contribution in [0.15, 0.2) is 34.1 Å². The average Bonchev–Trinajstić information content (AvgIpc) is 2.60. The van der Waals surface area contributed by atoms with Crippen LogP contribution < -0.4 is 4.74 Å². The van der Waals surface area contributed by atoms with Crippen molar-refractivity contribution in [3.05, 3.63) is 39.0 Å². The molecule has 0 atom stereocenters. The Hall–Kier alpha value is -0.800. The zero-order valence-electron chi connectivity index (χ0n) is 8.58. The molecular formula is C12H11BrOS. The summed E-state index contributed by atoms with van der Waals surface area (Å²) >= 11 is 5.35. The minimum atomic E-state index is 0.892. The van der Waals surface area contributed by atoms with Crippen LogP contribution in [0.3, 0.4) is 0 Å². The zero-order valence-corrected chi connectivity index (χ0v) is 11.0. The molecule has 0 aliphatic heterocycles. The van der Waals surface area contributed by atoms with Gasteiger partial charge in [-0.15, -0.1) is 11.3 Å². The van der Waals surface area contributed by atoms with E-state index in [4.69, 9.17) is 4.74 Å². The molecule has 0 unspecified atom stereocenters. The maximum absolute atomic E-state index is 5.21. The number of aryl methyl sites for hydroxylation is 1. The predicted octanol–water partition coefficient (Wildman–Crippen LogP) is 4.49. The van der Waals surface area contributed by atoms with Crippen LogP contribution in [0.2, 0.25) is 0 Å². The Morgan fingerprint density at radius 2 is 2.13 bits per heavy atom. The number of benzene rings is 1. The van der Waals surface area contributed by atoms with Crippen molar-refractivity contribution in [3.8, 4) is 16.9 Å². The summed E-state index contributed by atoms with van der Waals surface area (Å²) in [5, 5.41) is 2.16. The van der Waals surface area contributed by atoms with Crippen LogP contribution in [0.4, 0.5) is 0 Å². The maximum Gasteiger partial charge on any atom is 0.119 e. The molecule has 15 heavy (non-hydrogen) atoms. The summed E-state index contributed by atoms with van der Waals surface area (Å²) in [7, 11) is 1.69. The third kappa shape index (κ3) is 2.08. The van der Waals surface area contributed by atoms with E-state index in [1.54, 1.807) is 18.4 Å². The Bertz CT molecular complexity index is 476. The highest BCUT2D eigenvalue weighted by Crippen LogP contribution is 2.36. The fourth-order valence-electron chi connectivity index (χ4n) is 1.43. The number of methoxy groups -OCH3 is 1. The number of hydrogen-bond donors (Lipinski definition) is 0.